The number of carbonyl (C=O) groups excluding carboxylic acids is 2. The van der Waals surface area contributed by atoms with Gasteiger partial charge < -0.3 is 19.7 Å². The first-order valence-electron chi connectivity index (χ1n) is 13.0. The SMILES string of the molecule is C=N/C=C\N(N)c1ncc(F)c2c(C(=O)C(=O)N3CCN(C(=NCCCN(C)C)c4ccccc4)CC3)c[nH]c12. The zero-order chi connectivity index (χ0) is 28.6. The quantitative estimate of drug-likeness (QED) is 0.0759. The standard InChI is InChI=1S/C28H34FN9O2/c1-31-11-13-38(30)27-24-23(22(29)19-34-27)21(18-33-24)25(39)28(40)37-16-14-36(15-17-37)26(20-8-5-4-6-9-20)32-10-7-12-35(2)3/h4-6,8-9,11,13,18-19,33H,1,7,10,12,14-17,30H2,2-3H3/b13-11-,32-26?. The lowest BCUT2D eigenvalue weighted by molar-refractivity contribution is -0.127. The first kappa shape index (κ1) is 28.6. The normalized spacial score (nSPS) is 14.4. The maximum atomic E-state index is 14.8. The van der Waals surface area contributed by atoms with Crippen LogP contribution in [0.25, 0.3) is 10.9 Å². The number of aliphatic imine (C=N–C) groups is 2. The van der Waals surface area contributed by atoms with Crippen LogP contribution in [0.3, 0.4) is 0 Å². The Morgan fingerprint density at radius 2 is 1.88 bits per heavy atom. The molecule has 3 N–H and O–H groups in total. The Balaban J connectivity index is 1.49. The second-order valence-corrected chi connectivity index (χ2v) is 9.61. The van der Waals surface area contributed by atoms with E-state index in [9.17, 15) is 14.0 Å². The number of hydrogen-bond acceptors (Lipinski definition) is 8. The van der Waals surface area contributed by atoms with Crippen molar-refractivity contribution >= 4 is 41.0 Å². The van der Waals surface area contributed by atoms with E-state index in [2.05, 4.69) is 31.5 Å². The minimum Gasteiger partial charge on any atom is -0.357 e. The van der Waals surface area contributed by atoms with Crippen LogP contribution >= 0.6 is 0 Å². The number of amides is 1. The van der Waals surface area contributed by atoms with E-state index in [0.717, 1.165) is 35.6 Å². The summed E-state index contributed by atoms with van der Waals surface area (Å²) in [6, 6.07) is 9.95. The van der Waals surface area contributed by atoms with Crippen molar-refractivity contribution in [3.63, 3.8) is 0 Å². The average molecular weight is 548 g/mol. The van der Waals surface area contributed by atoms with Gasteiger partial charge in [0.2, 0.25) is 0 Å². The van der Waals surface area contributed by atoms with Crippen LogP contribution in [-0.2, 0) is 4.79 Å². The van der Waals surface area contributed by atoms with Crippen molar-refractivity contribution < 1.29 is 14.0 Å². The second-order valence-electron chi connectivity index (χ2n) is 9.61. The van der Waals surface area contributed by atoms with Crippen LogP contribution in [0.15, 0.2) is 65.1 Å². The molecule has 4 rings (SSSR count). The summed E-state index contributed by atoms with van der Waals surface area (Å²) in [5, 5.41) is 1.07. The smallest absolute Gasteiger partial charge is 0.295 e. The number of rotatable bonds is 10. The van der Waals surface area contributed by atoms with Gasteiger partial charge in [0, 0.05) is 56.9 Å². The number of hydrazine groups is 1. The van der Waals surface area contributed by atoms with Gasteiger partial charge in [-0.05, 0) is 33.8 Å². The van der Waals surface area contributed by atoms with E-state index in [0.29, 0.717) is 32.7 Å². The molecule has 0 radical (unpaired) electrons. The predicted molar refractivity (Wildman–Crippen MR) is 155 cm³/mol. The summed E-state index contributed by atoms with van der Waals surface area (Å²) in [5.74, 6) is 4.78. The fraction of sp³-hybridized carbons (Fsp3) is 0.321. The Morgan fingerprint density at radius 1 is 1.18 bits per heavy atom. The van der Waals surface area contributed by atoms with Crippen molar-refractivity contribution in [1.82, 2.24) is 24.7 Å². The summed E-state index contributed by atoms with van der Waals surface area (Å²) in [5.41, 5.74) is 1.12. The van der Waals surface area contributed by atoms with E-state index in [1.807, 2.05) is 44.4 Å². The number of nitrogens with zero attached hydrogens (tertiary/aromatic N) is 7. The third kappa shape index (κ3) is 6.41. The van der Waals surface area contributed by atoms with Gasteiger partial charge in [-0.25, -0.2) is 15.2 Å². The lowest BCUT2D eigenvalue weighted by Gasteiger charge is -2.36. The van der Waals surface area contributed by atoms with Crippen molar-refractivity contribution in [2.45, 2.75) is 6.42 Å². The molecule has 3 heterocycles. The van der Waals surface area contributed by atoms with Crippen LogP contribution in [0.1, 0.15) is 22.3 Å². The molecule has 1 saturated heterocycles. The Labute approximate surface area is 232 Å². The molecular weight excluding hydrogens is 513 g/mol. The van der Waals surface area contributed by atoms with Gasteiger partial charge in [0.05, 0.1) is 22.7 Å². The average Bonchev–Trinajstić information content (AvgIpc) is 3.42. The van der Waals surface area contributed by atoms with Crippen LogP contribution in [0.5, 0.6) is 0 Å². The zero-order valence-corrected chi connectivity index (χ0v) is 22.8. The van der Waals surface area contributed by atoms with Crippen molar-refractivity contribution in [1.29, 1.82) is 0 Å². The van der Waals surface area contributed by atoms with E-state index in [1.54, 1.807) is 0 Å². The molecule has 12 heteroatoms. The topological polar surface area (TPSA) is 127 Å². The molecule has 1 aliphatic heterocycles. The number of carbonyl (C=O) groups is 2. The number of H-pyrrole nitrogens is 1. The number of ketones is 1. The third-order valence-electron chi connectivity index (χ3n) is 6.58. The van der Waals surface area contributed by atoms with E-state index in [4.69, 9.17) is 10.8 Å². The summed E-state index contributed by atoms with van der Waals surface area (Å²) in [4.78, 5) is 47.6. The van der Waals surface area contributed by atoms with Crippen LogP contribution < -0.4 is 10.9 Å². The maximum Gasteiger partial charge on any atom is 0.295 e. The van der Waals surface area contributed by atoms with Crippen molar-refractivity contribution in [3.8, 4) is 0 Å². The van der Waals surface area contributed by atoms with Crippen LogP contribution in [-0.4, -0.2) is 102 Å². The molecule has 1 fully saturated rings. The van der Waals surface area contributed by atoms with Crippen LogP contribution in [0.4, 0.5) is 10.2 Å². The van der Waals surface area contributed by atoms with Crippen molar-refractivity contribution in [3.05, 3.63) is 72.1 Å². The number of nitrogens with two attached hydrogens (primary N) is 1. The molecule has 210 valence electrons. The largest absolute Gasteiger partial charge is 0.357 e. The number of nitrogens with one attached hydrogen (secondary N) is 1. The molecule has 40 heavy (non-hydrogen) atoms. The van der Waals surface area contributed by atoms with Gasteiger partial charge in [-0.1, -0.05) is 30.3 Å². The highest BCUT2D eigenvalue weighted by Gasteiger charge is 2.31. The number of aromatic amines is 1. The molecule has 3 aromatic rings. The van der Waals surface area contributed by atoms with E-state index < -0.39 is 17.5 Å². The number of piperazine rings is 1. The molecule has 1 amide bonds. The molecular formula is C28H34FN9O2. The number of hydrogen-bond donors (Lipinski definition) is 2. The molecule has 0 bridgehead atoms. The summed E-state index contributed by atoms with van der Waals surface area (Å²) in [6.45, 7) is 6.67. The Morgan fingerprint density at radius 3 is 2.55 bits per heavy atom. The fourth-order valence-corrected chi connectivity index (χ4v) is 4.57. The highest BCUT2D eigenvalue weighted by atomic mass is 19.1. The van der Waals surface area contributed by atoms with Gasteiger partial charge >= 0.3 is 0 Å². The molecule has 0 saturated carbocycles. The number of aromatic nitrogens is 2. The molecule has 1 aromatic carbocycles. The second kappa shape index (κ2) is 13.1. The summed E-state index contributed by atoms with van der Waals surface area (Å²) in [7, 11) is 4.07. The first-order valence-corrected chi connectivity index (χ1v) is 13.0. The van der Waals surface area contributed by atoms with Gasteiger partial charge in [0.1, 0.15) is 5.84 Å². The number of benzene rings is 1. The molecule has 0 unspecified atom stereocenters. The zero-order valence-electron chi connectivity index (χ0n) is 22.8. The van der Waals surface area contributed by atoms with Gasteiger partial charge in [0.25, 0.3) is 11.7 Å². The number of Topliss-reactive ketones (excluding diaryl/α,β-unsaturated/α-hetero) is 1. The van der Waals surface area contributed by atoms with Gasteiger partial charge in [-0.3, -0.25) is 24.6 Å². The van der Waals surface area contributed by atoms with E-state index in [-0.39, 0.29) is 22.3 Å². The Kier molecular flexibility index (Phi) is 9.35. The fourth-order valence-electron chi connectivity index (χ4n) is 4.57. The van der Waals surface area contributed by atoms with Gasteiger partial charge in [-0.15, -0.1) is 0 Å². The van der Waals surface area contributed by atoms with Crippen LogP contribution in [0.2, 0.25) is 0 Å². The number of fused-ring (bicyclic) bond motifs is 1. The summed E-state index contributed by atoms with van der Waals surface area (Å²) < 4.78 is 14.8. The summed E-state index contributed by atoms with van der Waals surface area (Å²) in [6.07, 6.45) is 5.93. The van der Waals surface area contributed by atoms with Crippen molar-refractivity contribution in [2.24, 2.45) is 15.8 Å². The van der Waals surface area contributed by atoms with E-state index >= 15 is 0 Å². The van der Waals surface area contributed by atoms with Crippen molar-refractivity contribution in [2.75, 3.05) is 58.4 Å². The molecule has 0 spiro atoms. The highest BCUT2D eigenvalue weighted by Crippen LogP contribution is 2.28. The third-order valence-corrected chi connectivity index (χ3v) is 6.58. The predicted octanol–water partition coefficient (Wildman–Crippen LogP) is 2.28. The number of amidine groups is 1. The highest BCUT2D eigenvalue weighted by molar-refractivity contribution is 6.45. The lowest BCUT2D eigenvalue weighted by atomic mass is 10.1. The lowest BCUT2D eigenvalue weighted by Crippen LogP contribution is -2.52. The monoisotopic (exact) mass is 547 g/mol. The number of pyridine rings is 1. The van der Waals surface area contributed by atoms with E-state index in [1.165, 1.54) is 23.5 Å². The molecule has 2 aromatic heterocycles. The number of halogens is 1. The minimum atomic E-state index is -0.803. The summed E-state index contributed by atoms with van der Waals surface area (Å²) >= 11 is 0. The minimum absolute atomic E-state index is 0.0476. The molecule has 0 aliphatic carbocycles. The molecule has 1 aliphatic rings. The van der Waals surface area contributed by atoms with Crippen LogP contribution in [0, 0.1) is 5.82 Å². The Hall–Kier alpha value is -4.42. The first-order chi connectivity index (χ1) is 19.3. The number of anilines is 1. The van der Waals surface area contributed by atoms with Gasteiger partial charge in [0.15, 0.2) is 11.6 Å². The van der Waals surface area contributed by atoms with Gasteiger partial charge in [-0.2, -0.15) is 0 Å². The maximum absolute atomic E-state index is 14.8. The molecule has 11 nitrogen and oxygen atoms in total. The Bertz CT molecular complexity index is 1410. The molecule has 0 atom stereocenters.